The molecule has 18 aromatic rings. The molecular weight excluding hydrogens is 1060 g/mol. The van der Waals surface area contributed by atoms with Crippen LogP contribution in [0.4, 0.5) is 0 Å². The molecule has 0 atom stereocenters. The lowest BCUT2D eigenvalue weighted by atomic mass is 9.98. The van der Waals surface area contributed by atoms with Crippen molar-refractivity contribution in [1.29, 1.82) is 21.0 Å². The monoisotopic (exact) mass is 1100 g/mol. The summed E-state index contributed by atoms with van der Waals surface area (Å²) in [5.74, 6) is 0. The molecule has 0 saturated carbocycles. The van der Waals surface area contributed by atoms with Crippen molar-refractivity contribution in [2.75, 3.05) is 0 Å². The van der Waals surface area contributed by atoms with E-state index in [1.807, 2.05) is 133 Å². The number of benzene rings is 12. The van der Waals surface area contributed by atoms with Crippen LogP contribution in [0.1, 0.15) is 22.3 Å². The third-order valence-corrected chi connectivity index (χ3v) is 17.2. The molecule has 86 heavy (non-hydrogen) atoms. The van der Waals surface area contributed by atoms with Crippen molar-refractivity contribution in [3.8, 4) is 47.0 Å². The first-order valence-corrected chi connectivity index (χ1v) is 28.2. The fourth-order valence-electron chi connectivity index (χ4n) is 13.8. The van der Waals surface area contributed by atoms with Crippen LogP contribution in [-0.4, -0.2) is 18.3 Å². The lowest BCUT2D eigenvalue weighted by Gasteiger charge is -2.20. The largest absolute Gasteiger partial charge is 0.455 e. The molecule has 0 aliphatic carbocycles. The second-order valence-electron chi connectivity index (χ2n) is 21.4. The molecule has 0 N–H and O–H groups in total. The third kappa shape index (κ3) is 6.50. The molecule has 0 unspecified atom stereocenters. The number of hydrogen-bond acceptors (Lipinski definition) is 6. The molecule has 0 saturated heterocycles. The van der Waals surface area contributed by atoms with Crippen LogP contribution >= 0.6 is 0 Å². The van der Waals surface area contributed by atoms with Crippen LogP contribution in [0.2, 0.25) is 0 Å². The second-order valence-corrected chi connectivity index (χ2v) is 21.4. The predicted molar refractivity (Wildman–Crippen MR) is 344 cm³/mol. The van der Waals surface area contributed by atoms with Gasteiger partial charge in [0.2, 0.25) is 0 Å². The number of rotatable bonds is 4. The Morgan fingerprint density at radius 3 is 0.837 bits per heavy atom. The zero-order chi connectivity index (χ0) is 57.3. The van der Waals surface area contributed by atoms with Gasteiger partial charge in [-0.05, 0) is 60.7 Å². The summed E-state index contributed by atoms with van der Waals surface area (Å²) in [6, 6.07) is 91.4. The molecule has 0 radical (unpaired) electrons. The topological polar surface area (TPSA) is 141 Å². The summed E-state index contributed by atoms with van der Waals surface area (Å²) in [6.45, 7) is 0. The smallest absolute Gasteiger partial charge is 0.162 e. The Balaban J connectivity index is 0.000000134. The number of aromatic nitrogens is 4. The summed E-state index contributed by atoms with van der Waals surface area (Å²) < 4.78 is 21.7. The van der Waals surface area contributed by atoms with E-state index in [4.69, 9.17) is 8.83 Å². The highest BCUT2D eigenvalue weighted by Gasteiger charge is 2.32. The minimum absolute atomic E-state index is 0.232. The zero-order valence-corrected chi connectivity index (χ0v) is 45.5. The molecule has 6 aromatic heterocycles. The van der Waals surface area contributed by atoms with Crippen LogP contribution in [0.25, 0.3) is 154 Å². The van der Waals surface area contributed by atoms with E-state index in [-0.39, 0.29) is 11.1 Å². The molecule has 10 heteroatoms. The molecule has 0 aliphatic rings. The molecule has 18 rings (SSSR count). The average Bonchev–Trinajstić information content (AvgIpc) is 1.67. The number of fused-ring (bicyclic) bond motifs is 18. The van der Waals surface area contributed by atoms with E-state index >= 15 is 0 Å². The van der Waals surface area contributed by atoms with Gasteiger partial charge >= 0.3 is 0 Å². The predicted octanol–water partition coefficient (Wildman–Crippen LogP) is 19.0. The minimum Gasteiger partial charge on any atom is -0.455 e. The maximum atomic E-state index is 11.1. The second kappa shape index (κ2) is 18.5. The van der Waals surface area contributed by atoms with Crippen LogP contribution < -0.4 is 0 Å². The SMILES string of the molecule is N#Cc1c(-n2c3ccccc3c3ccccc32)c(-n2c3ccccc3c3ccccc32)c2c(oc3ccccc32)c1C#N.N#Cc1c(-n2c3ccccc3c3ccccc32)c(C#N)c2c(oc3ccccc32)c1-n1c2ccccc2c2ccccc21. The molecule has 0 bridgehead atoms. The van der Waals surface area contributed by atoms with E-state index < -0.39 is 0 Å². The fraction of sp³-hybridized carbons (Fsp3) is 0. The Morgan fingerprint density at radius 1 is 0.221 bits per heavy atom. The van der Waals surface area contributed by atoms with Crippen LogP contribution in [-0.2, 0) is 0 Å². The minimum atomic E-state index is 0.232. The summed E-state index contributed by atoms with van der Waals surface area (Å²) in [5, 5.41) is 55.4. The van der Waals surface area contributed by atoms with Gasteiger partial charge in [-0.1, -0.05) is 182 Å². The summed E-state index contributed by atoms with van der Waals surface area (Å²) in [7, 11) is 0. The number of nitrogens with zero attached hydrogens (tertiary/aromatic N) is 8. The van der Waals surface area contributed by atoms with Crippen molar-refractivity contribution in [2.45, 2.75) is 0 Å². The van der Waals surface area contributed by atoms with Crippen LogP contribution in [0.5, 0.6) is 0 Å². The van der Waals surface area contributed by atoms with Crippen molar-refractivity contribution in [2.24, 2.45) is 0 Å². The van der Waals surface area contributed by atoms with E-state index in [9.17, 15) is 21.0 Å². The molecule has 0 spiro atoms. The van der Waals surface area contributed by atoms with Gasteiger partial charge in [0.15, 0.2) is 11.2 Å². The number of para-hydroxylation sites is 10. The molecule has 396 valence electrons. The standard InChI is InChI=1S/2C38H20N4O/c39-21-28-35-27-15-5-10-20-34(27)43-38(35)37(42-32-18-8-3-13-25(32)26-14-4-9-19-33(26)42)29(22-40)36(28)41-30-16-6-1-11-23(30)24-12-2-7-17-31(24)41;39-21-28-29(22-40)38-35(27-15-5-10-20-34(27)43-38)37(42-32-18-8-3-13-25(32)26-14-4-9-19-33(26)42)36(28)41-30-16-6-1-11-23(30)24-12-2-7-17-31(24)41/h2*1-20H. The number of furan rings is 2. The van der Waals surface area contributed by atoms with Gasteiger partial charge in [0.25, 0.3) is 0 Å². The maximum absolute atomic E-state index is 11.1. The van der Waals surface area contributed by atoms with Crippen molar-refractivity contribution in [3.05, 3.63) is 265 Å². The summed E-state index contributed by atoms with van der Waals surface area (Å²) in [4.78, 5) is 0. The Morgan fingerprint density at radius 2 is 0.488 bits per heavy atom. The third-order valence-electron chi connectivity index (χ3n) is 17.2. The Bertz CT molecular complexity index is 5950. The lowest BCUT2D eigenvalue weighted by Crippen LogP contribution is -2.08. The first-order valence-electron chi connectivity index (χ1n) is 28.2. The van der Waals surface area contributed by atoms with Crippen molar-refractivity contribution >= 4 is 131 Å². The van der Waals surface area contributed by atoms with Crippen LogP contribution in [0.15, 0.2) is 251 Å². The van der Waals surface area contributed by atoms with E-state index in [1.54, 1.807) is 0 Å². The maximum Gasteiger partial charge on any atom is 0.162 e. The fourth-order valence-corrected chi connectivity index (χ4v) is 13.8. The van der Waals surface area contributed by atoms with Gasteiger partial charge < -0.3 is 27.1 Å². The van der Waals surface area contributed by atoms with Crippen LogP contribution in [0.3, 0.4) is 0 Å². The molecule has 0 aliphatic heterocycles. The Hall–Kier alpha value is -12.6. The first-order chi connectivity index (χ1) is 42.6. The van der Waals surface area contributed by atoms with E-state index in [0.29, 0.717) is 55.9 Å². The molecule has 10 nitrogen and oxygen atoms in total. The zero-order valence-electron chi connectivity index (χ0n) is 45.5. The van der Waals surface area contributed by atoms with Crippen molar-refractivity contribution < 1.29 is 8.83 Å². The van der Waals surface area contributed by atoms with Gasteiger partial charge in [0.1, 0.15) is 52.3 Å². The van der Waals surface area contributed by atoms with Crippen molar-refractivity contribution in [3.63, 3.8) is 0 Å². The molecule has 0 fully saturated rings. The van der Waals surface area contributed by atoms with Gasteiger partial charge in [0, 0.05) is 53.9 Å². The number of nitriles is 4. The molecule has 6 heterocycles. The van der Waals surface area contributed by atoms with Crippen LogP contribution in [0, 0.1) is 45.3 Å². The highest BCUT2D eigenvalue weighted by atomic mass is 16.3. The summed E-state index contributed by atoms with van der Waals surface area (Å²) in [5.41, 5.74) is 13.9. The van der Waals surface area contributed by atoms with Crippen molar-refractivity contribution in [1.82, 2.24) is 18.3 Å². The van der Waals surface area contributed by atoms with E-state index in [0.717, 1.165) is 109 Å². The van der Waals surface area contributed by atoms with E-state index in [2.05, 4.69) is 152 Å². The van der Waals surface area contributed by atoms with Gasteiger partial charge in [-0.3, -0.25) is 0 Å². The van der Waals surface area contributed by atoms with Gasteiger partial charge in [0.05, 0.1) is 83.1 Å². The van der Waals surface area contributed by atoms with Gasteiger partial charge in [-0.2, -0.15) is 21.0 Å². The normalized spacial score (nSPS) is 11.7. The quantitative estimate of drug-likeness (QED) is 0.172. The summed E-state index contributed by atoms with van der Waals surface area (Å²) in [6.07, 6.45) is 0. The van der Waals surface area contributed by atoms with E-state index in [1.165, 1.54) is 0 Å². The lowest BCUT2D eigenvalue weighted by molar-refractivity contribution is 0.666. The number of hydrogen-bond donors (Lipinski definition) is 0. The van der Waals surface area contributed by atoms with Gasteiger partial charge in [-0.15, -0.1) is 0 Å². The highest BCUT2D eigenvalue weighted by molar-refractivity contribution is 6.21. The summed E-state index contributed by atoms with van der Waals surface area (Å²) >= 11 is 0. The first kappa shape index (κ1) is 48.1. The Labute approximate surface area is 488 Å². The highest BCUT2D eigenvalue weighted by Crippen LogP contribution is 2.49. The Kier molecular flexibility index (Phi) is 10.3. The molecule has 0 amide bonds. The molecular formula is C76H40N8O2. The van der Waals surface area contributed by atoms with Gasteiger partial charge in [-0.25, -0.2) is 0 Å². The molecule has 12 aromatic carbocycles. The average molecular weight is 1100 g/mol.